The van der Waals surface area contributed by atoms with Gasteiger partial charge in [-0.05, 0) is 30.7 Å². The summed E-state index contributed by atoms with van der Waals surface area (Å²) in [5, 5.41) is 5.90. The van der Waals surface area contributed by atoms with Crippen molar-refractivity contribution in [2.24, 2.45) is 0 Å². The molecule has 0 atom stereocenters. The van der Waals surface area contributed by atoms with Gasteiger partial charge in [0.25, 0.3) is 5.91 Å². The zero-order valence-corrected chi connectivity index (χ0v) is 14.5. The van der Waals surface area contributed by atoms with Crippen LogP contribution in [0.5, 0.6) is 5.75 Å². The van der Waals surface area contributed by atoms with Crippen LogP contribution in [0.2, 0.25) is 5.02 Å². The van der Waals surface area contributed by atoms with E-state index >= 15 is 0 Å². The molecule has 132 valence electrons. The third-order valence-electron chi connectivity index (χ3n) is 3.16. The highest BCUT2D eigenvalue weighted by Crippen LogP contribution is 2.17. The van der Waals surface area contributed by atoms with E-state index in [0.717, 1.165) is 5.56 Å². The first kappa shape index (κ1) is 18.6. The van der Waals surface area contributed by atoms with E-state index in [2.05, 4.69) is 10.6 Å². The Morgan fingerprint density at radius 2 is 1.92 bits per heavy atom. The quantitative estimate of drug-likeness (QED) is 0.789. The molecule has 0 bridgehead atoms. The van der Waals surface area contributed by atoms with Crippen LogP contribution in [0.3, 0.4) is 0 Å². The van der Waals surface area contributed by atoms with Crippen LogP contribution in [0.4, 0.5) is 10.5 Å². The van der Waals surface area contributed by atoms with Crippen LogP contribution >= 0.6 is 11.6 Å². The molecule has 0 saturated heterocycles. The number of halogens is 1. The van der Waals surface area contributed by atoms with Gasteiger partial charge in [0, 0.05) is 23.3 Å². The van der Waals surface area contributed by atoms with Crippen LogP contribution in [0, 0.1) is 0 Å². The summed E-state index contributed by atoms with van der Waals surface area (Å²) in [4.78, 5) is 23.3. The molecule has 0 aliphatic heterocycles. The Balaban J connectivity index is 1.81. The average molecular weight is 363 g/mol. The number of rotatable bonds is 7. The van der Waals surface area contributed by atoms with E-state index < -0.39 is 6.09 Å². The fourth-order valence-corrected chi connectivity index (χ4v) is 2.19. The van der Waals surface area contributed by atoms with E-state index in [9.17, 15) is 9.59 Å². The number of ether oxygens (including phenoxy) is 2. The lowest BCUT2D eigenvalue weighted by Crippen LogP contribution is -2.28. The van der Waals surface area contributed by atoms with Gasteiger partial charge in [0.15, 0.2) is 6.61 Å². The van der Waals surface area contributed by atoms with Crippen LogP contribution in [-0.2, 0) is 16.1 Å². The summed E-state index contributed by atoms with van der Waals surface area (Å²) in [5.41, 5.74) is 1.35. The zero-order chi connectivity index (χ0) is 18.1. The normalized spacial score (nSPS) is 10.0. The lowest BCUT2D eigenvalue weighted by atomic mass is 10.2. The summed E-state index contributed by atoms with van der Waals surface area (Å²) in [6, 6.07) is 14.0. The molecule has 2 aromatic rings. The van der Waals surface area contributed by atoms with E-state index in [-0.39, 0.29) is 19.1 Å². The highest BCUT2D eigenvalue weighted by atomic mass is 35.5. The lowest BCUT2D eigenvalue weighted by molar-refractivity contribution is -0.123. The number of carbonyl (C=O) groups excluding carboxylic acids is 2. The number of hydrogen-bond acceptors (Lipinski definition) is 4. The van der Waals surface area contributed by atoms with Crippen molar-refractivity contribution < 1.29 is 19.1 Å². The Morgan fingerprint density at radius 3 is 2.68 bits per heavy atom. The fourth-order valence-electron chi connectivity index (χ4n) is 1.98. The molecule has 0 aromatic heterocycles. The minimum absolute atomic E-state index is 0.146. The Bertz CT molecular complexity index is 737. The van der Waals surface area contributed by atoms with E-state index in [4.69, 9.17) is 21.1 Å². The van der Waals surface area contributed by atoms with Crippen LogP contribution < -0.4 is 15.4 Å². The van der Waals surface area contributed by atoms with Crippen molar-refractivity contribution >= 4 is 29.3 Å². The van der Waals surface area contributed by atoms with Crippen molar-refractivity contribution in [3.8, 4) is 5.75 Å². The highest BCUT2D eigenvalue weighted by molar-refractivity contribution is 6.31. The van der Waals surface area contributed by atoms with Crippen molar-refractivity contribution in [3.63, 3.8) is 0 Å². The molecular formula is C18H19ClN2O4. The molecule has 2 amide bonds. The molecule has 2 aromatic carbocycles. The first-order valence-electron chi connectivity index (χ1n) is 7.75. The van der Waals surface area contributed by atoms with Gasteiger partial charge in [0.05, 0.1) is 6.61 Å². The molecule has 7 heteroatoms. The second-order valence-electron chi connectivity index (χ2n) is 5.03. The van der Waals surface area contributed by atoms with E-state index in [0.29, 0.717) is 23.0 Å². The molecule has 0 radical (unpaired) electrons. The maximum atomic E-state index is 11.9. The van der Waals surface area contributed by atoms with Gasteiger partial charge < -0.3 is 14.8 Å². The van der Waals surface area contributed by atoms with Gasteiger partial charge in [-0.25, -0.2) is 4.79 Å². The number of benzene rings is 2. The second kappa shape index (κ2) is 9.54. The first-order valence-corrected chi connectivity index (χ1v) is 8.13. The smallest absolute Gasteiger partial charge is 0.411 e. The Hall–Kier alpha value is -2.73. The summed E-state index contributed by atoms with van der Waals surface area (Å²) < 4.78 is 10.2. The van der Waals surface area contributed by atoms with Crippen LogP contribution in [0.25, 0.3) is 0 Å². The van der Waals surface area contributed by atoms with E-state index in [1.54, 1.807) is 37.3 Å². The third-order valence-corrected chi connectivity index (χ3v) is 3.53. The van der Waals surface area contributed by atoms with Crippen molar-refractivity contribution in [1.29, 1.82) is 0 Å². The van der Waals surface area contributed by atoms with Gasteiger partial charge in [0.1, 0.15) is 5.75 Å². The summed E-state index contributed by atoms with van der Waals surface area (Å²) in [5.74, 6) is 0.186. The number of amides is 2. The Morgan fingerprint density at radius 1 is 1.12 bits per heavy atom. The third kappa shape index (κ3) is 6.35. The maximum Gasteiger partial charge on any atom is 0.411 e. The van der Waals surface area contributed by atoms with Gasteiger partial charge in [-0.2, -0.15) is 0 Å². The van der Waals surface area contributed by atoms with E-state index in [1.165, 1.54) is 0 Å². The van der Waals surface area contributed by atoms with Gasteiger partial charge in [0.2, 0.25) is 0 Å². The number of anilines is 1. The van der Waals surface area contributed by atoms with Gasteiger partial charge in [-0.1, -0.05) is 35.9 Å². The summed E-state index contributed by atoms with van der Waals surface area (Å²) >= 11 is 6.03. The van der Waals surface area contributed by atoms with E-state index in [1.807, 2.05) is 18.2 Å². The fraction of sp³-hybridized carbons (Fsp3) is 0.222. The molecule has 0 aliphatic carbocycles. The van der Waals surface area contributed by atoms with Crippen LogP contribution in [-0.4, -0.2) is 25.2 Å². The molecule has 6 nitrogen and oxygen atoms in total. The number of carbonyl (C=O) groups is 2. The van der Waals surface area contributed by atoms with Gasteiger partial charge in [-0.3, -0.25) is 10.1 Å². The average Bonchev–Trinajstić information content (AvgIpc) is 2.60. The molecule has 0 spiro atoms. The van der Waals surface area contributed by atoms with Gasteiger partial charge >= 0.3 is 6.09 Å². The molecule has 2 rings (SSSR count). The standard InChI is InChI=1S/C18H19ClN2O4/c1-2-24-18(23)21-14-7-5-8-15(10-14)25-12-17(22)20-11-13-6-3-4-9-16(13)19/h3-10H,2,11-12H2,1H3,(H,20,22)(H,21,23). The lowest BCUT2D eigenvalue weighted by Gasteiger charge is -2.10. The minimum Gasteiger partial charge on any atom is -0.484 e. The number of hydrogen-bond donors (Lipinski definition) is 2. The maximum absolute atomic E-state index is 11.9. The highest BCUT2D eigenvalue weighted by Gasteiger charge is 2.06. The van der Waals surface area contributed by atoms with Crippen molar-refractivity contribution in [2.75, 3.05) is 18.5 Å². The predicted octanol–water partition coefficient (Wildman–Crippen LogP) is 3.60. The Kier molecular flexibility index (Phi) is 7.10. The molecule has 0 aliphatic rings. The topological polar surface area (TPSA) is 76.7 Å². The summed E-state index contributed by atoms with van der Waals surface area (Å²) in [7, 11) is 0. The molecule has 0 unspecified atom stereocenters. The molecule has 0 saturated carbocycles. The largest absolute Gasteiger partial charge is 0.484 e. The zero-order valence-electron chi connectivity index (χ0n) is 13.8. The molecular weight excluding hydrogens is 344 g/mol. The molecule has 0 heterocycles. The number of nitrogens with one attached hydrogen (secondary N) is 2. The summed E-state index contributed by atoms with van der Waals surface area (Å²) in [6.07, 6.45) is -0.544. The van der Waals surface area contributed by atoms with Crippen molar-refractivity contribution in [1.82, 2.24) is 5.32 Å². The molecule has 2 N–H and O–H groups in total. The SMILES string of the molecule is CCOC(=O)Nc1cccc(OCC(=O)NCc2ccccc2Cl)c1. The van der Waals surface area contributed by atoms with Crippen molar-refractivity contribution in [3.05, 3.63) is 59.1 Å². The molecule has 0 fully saturated rings. The van der Waals surface area contributed by atoms with Crippen LogP contribution in [0.15, 0.2) is 48.5 Å². The minimum atomic E-state index is -0.544. The molecule has 25 heavy (non-hydrogen) atoms. The Labute approximate surface area is 151 Å². The second-order valence-corrected chi connectivity index (χ2v) is 5.44. The van der Waals surface area contributed by atoms with Crippen molar-refractivity contribution in [2.45, 2.75) is 13.5 Å². The predicted molar refractivity (Wildman–Crippen MR) is 95.9 cm³/mol. The first-order chi connectivity index (χ1) is 12.1. The van der Waals surface area contributed by atoms with Crippen LogP contribution in [0.1, 0.15) is 12.5 Å². The monoisotopic (exact) mass is 362 g/mol. The van der Waals surface area contributed by atoms with Gasteiger partial charge in [-0.15, -0.1) is 0 Å². The summed E-state index contributed by atoms with van der Waals surface area (Å²) in [6.45, 7) is 2.19.